The van der Waals surface area contributed by atoms with Crippen molar-refractivity contribution in [3.63, 3.8) is 0 Å². The Kier molecular flexibility index (Phi) is 7.06. The quantitative estimate of drug-likeness (QED) is 0.766. The van der Waals surface area contributed by atoms with E-state index >= 15 is 0 Å². The van der Waals surface area contributed by atoms with Gasteiger partial charge in [-0.05, 0) is 44.3 Å². The molecule has 1 saturated heterocycles. The fourth-order valence-corrected chi connectivity index (χ4v) is 2.95. The van der Waals surface area contributed by atoms with Gasteiger partial charge in [0.05, 0.1) is 0 Å². The van der Waals surface area contributed by atoms with Gasteiger partial charge in [0.2, 0.25) is 0 Å². The summed E-state index contributed by atoms with van der Waals surface area (Å²) in [5.41, 5.74) is 1.33. The molecule has 0 aromatic heterocycles. The number of aliphatic hydroxyl groups is 1. The van der Waals surface area contributed by atoms with Crippen molar-refractivity contribution < 1.29 is 5.11 Å². The first-order valence-electron chi connectivity index (χ1n) is 8.01. The number of rotatable bonds is 8. The van der Waals surface area contributed by atoms with Crippen molar-refractivity contribution in [3.8, 4) is 0 Å². The lowest BCUT2D eigenvalue weighted by molar-refractivity contribution is 0.223. The van der Waals surface area contributed by atoms with E-state index in [2.05, 4.69) is 40.5 Å². The number of hydrogen-bond donors (Lipinski definition) is 2. The van der Waals surface area contributed by atoms with Crippen LogP contribution in [0.4, 0.5) is 0 Å². The normalized spacial score (nSPS) is 18.1. The highest BCUT2D eigenvalue weighted by molar-refractivity contribution is 5.18. The van der Waals surface area contributed by atoms with Crippen LogP contribution in [0, 0.1) is 0 Å². The monoisotopic (exact) mass is 276 g/mol. The van der Waals surface area contributed by atoms with Gasteiger partial charge in [-0.15, -0.1) is 0 Å². The Morgan fingerprint density at radius 3 is 2.55 bits per heavy atom. The molecule has 2 rings (SSSR count). The minimum atomic E-state index is 0.275. The third-order valence-electron chi connectivity index (χ3n) is 4.12. The second-order valence-corrected chi connectivity index (χ2v) is 5.69. The zero-order valence-electron chi connectivity index (χ0n) is 12.4. The molecule has 1 heterocycles. The van der Waals surface area contributed by atoms with Gasteiger partial charge in [-0.3, -0.25) is 0 Å². The molecule has 0 aliphatic carbocycles. The molecular formula is C17H28N2O. The van der Waals surface area contributed by atoms with E-state index in [0.29, 0.717) is 6.04 Å². The van der Waals surface area contributed by atoms with Crippen LogP contribution >= 0.6 is 0 Å². The van der Waals surface area contributed by atoms with Gasteiger partial charge in [-0.25, -0.2) is 0 Å². The van der Waals surface area contributed by atoms with Gasteiger partial charge in [0, 0.05) is 25.7 Å². The van der Waals surface area contributed by atoms with E-state index in [9.17, 15) is 0 Å². The van der Waals surface area contributed by atoms with Crippen LogP contribution in [0.3, 0.4) is 0 Å². The van der Waals surface area contributed by atoms with Gasteiger partial charge in [0.15, 0.2) is 0 Å². The summed E-state index contributed by atoms with van der Waals surface area (Å²) >= 11 is 0. The predicted molar refractivity (Wildman–Crippen MR) is 83.8 cm³/mol. The summed E-state index contributed by atoms with van der Waals surface area (Å²) in [4.78, 5) is 2.56. The Hall–Kier alpha value is -0.900. The molecule has 1 aromatic carbocycles. The molecule has 1 aromatic rings. The molecule has 3 nitrogen and oxygen atoms in total. The molecule has 0 radical (unpaired) electrons. The highest BCUT2D eigenvalue weighted by Crippen LogP contribution is 2.18. The van der Waals surface area contributed by atoms with E-state index in [1.807, 2.05) is 0 Å². The molecule has 112 valence electrons. The molecule has 1 fully saturated rings. The van der Waals surface area contributed by atoms with Gasteiger partial charge in [0.25, 0.3) is 0 Å². The molecule has 0 saturated carbocycles. The molecule has 0 amide bonds. The fourth-order valence-electron chi connectivity index (χ4n) is 2.95. The molecule has 1 aliphatic heterocycles. The summed E-state index contributed by atoms with van der Waals surface area (Å²) in [7, 11) is 0. The first-order valence-corrected chi connectivity index (χ1v) is 8.01. The Morgan fingerprint density at radius 1 is 1.10 bits per heavy atom. The van der Waals surface area contributed by atoms with Crippen LogP contribution in [0.25, 0.3) is 0 Å². The van der Waals surface area contributed by atoms with Crippen molar-refractivity contribution in [2.24, 2.45) is 0 Å². The second-order valence-electron chi connectivity index (χ2n) is 5.69. The number of aliphatic hydroxyl groups excluding tert-OH is 1. The molecule has 0 spiro atoms. The van der Waals surface area contributed by atoms with Crippen LogP contribution in [-0.2, 0) is 0 Å². The minimum absolute atomic E-state index is 0.275. The van der Waals surface area contributed by atoms with Crippen LogP contribution in [0.1, 0.15) is 43.7 Å². The number of hydrogen-bond acceptors (Lipinski definition) is 3. The minimum Gasteiger partial charge on any atom is -0.396 e. The summed E-state index contributed by atoms with van der Waals surface area (Å²) in [6, 6.07) is 11.0. The maximum atomic E-state index is 9.06. The Bertz CT molecular complexity index is 349. The third-order valence-corrected chi connectivity index (χ3v) is 4.12. The zero-order valence-corrected chi connectivity index (χ0v) is 12.4. The van der Waals surface area contributed by atoms with Crippen LogP contribution in [0.2, 0.25) is 0 Å². The topological polar surface area (TPSA) is 35.5 Å². The molecule has 3 heteroatoms. The Labute approximate surface area is 123 Å². The molecule has 1 aliphatic rings. The van der Waals surface area contributed by atoms with Crippen molar-refractivity contribution in [3.05, 3.63) is 35.9 Å². The molecule has 2 N–H and O–H groups in total. The molecular weight excluding hydrogens is 248 g/mol. The summed E-state index contributed by atoms with van der Waals surface area (Å²) < 4.78 is 0. The smallest absolute Gasteiger partial charge is 0.0431 e. The first kappa shape index (κ1) is 15.5. The number of piperidine rings is 1. The number of likely N-dealkylation sites (tertiary alicyclic amines) is 1. The van der Waals surface area contributed by atoms with Crippen molar-refractivity contribution in [2.45, 2.75) is 38.1 Å². The van der Waals surface area contributed by atoms with Gasteiger partial charge in [0.1, 0.15) is 0 Å². The Balaban J connectivity index is 1.78. The van der Waals surface area contributed by atoms with Crippen LogP contribution < -0.4 is 5.32 Å². The summed E-state index contributed by atoms with van der Waals surface area (Å²) in [5.74, 6) is 0. The summed E-state index contributed by atoms with van der Waals surface area (Å²) in [6.07, 6.45) is 5.96. The molecule has 20 heavy (non-hydrogen) atoms. The number of nitrogens with one attached hydrogen (secondary N) is 1. The first-order chi connectivity index (χ1) is 9.90. The van der Waals surface area contributed by atoms with Crippen LogP contribution in [-0.4, -0.2) is 42.8 Å². The lowest BCUT2D eigenvalue weighted by atomic mass is 10.0. The Morgan fingerprint density at radius 2 is 1.85 bits per heavy atom. The predicted octanol–water partition coefficient (Wildman–Crippen LogP) is 2.58. The van der Waals surface area contributed by atoms with Crippen LogP contribution in [0.5, 0.6) is 0 Å². The number of benzene rings is 1. The van der Waals surface area contributed by atoms with Crippen molar-refractivity contribution >= 4 is 0 Å². The maximum absolute atomic E-state index is 9.06. The van der Waals surface area contributed by atoms with Crippen molar-refractivity contribution in [1.82, 2.24) is 10.2 Å². The van der Waals surface area contributed by atoms with Gasteiger partial charge in [-0.2, -0.15) is 0 Å². The van der Waals surface area contributed by atoms with E-state index in [1.54, 1.807) is 0 Å². The molecule has 1 unspecified atom stereocenters. The SMILES string of the molecule is OCCCC(NCCN1CCCCC1)c1ccccc1. The standard InChI is InChI=1S/C17H28N2O/c20-15-7-10-17(16-8-3-1-4-9-16)18-11-14-19-12-5-2-6-13-19/h1,3-4,8-9,17-18,20H,2,5-7,10-15H2. The highest BCUT2D eigenvalue weighted by Gasteiger charge is 2.12. The van der Waals surface area contributed by atoms with Crippen molar-refractivity contribution in [2.75, 3.05) is 32.8 Å². The van der Waals surface area contributed by atoms with E-state index < -0.39 is 0 Å². The maximum Gasteiger partial charge on any atom is 0.0431 e. The van der Waals surface area contributed by atoms with Crippen molar-refractivity contribution in [1.29, 1.82) is 0 Å². The second kappa shape index (κ2) is 9.11. The molecule has 0 bridgehead atoms. The van der Waals surface area contributed by atoms with Gasteiger partial charge >= 0.3 is 0 Å². The van der Waals surface area contributed by atoms with Gasteiger partial charge in [-0.1, -0.05) is 36.8 Å². The zero-order chi connectivity index (χ0) is 14.0. The van der Waals surface area contributed by atoms with Crippen LogP contribution in [0.15, 0.2) is 30.3 Å². The van der Waals surface area contributed by atoms with E-state index in [4.69, 9.17) is 5.11 Å². The highest BCUT2D eigenvalue weighted by atomic mass is 16.2. The molecule has 1 atom stereocenters. The van der Waals surface area contributed by atoms with E-state index in [0.717, 1.165) is 25.9 Å². The van der Waals surface area contributed by atoms with E-state index in [1.165, 1.54) is 37.9 Å². The average Bonchev–Trinajstić information content (AvgIpc) is 2.52. The van der Waals surface area contributed by atoms with E-state index in [-0.39, 0.29) is 6.61 Å². The summed E-state index contributed by atoms with van der Waals surface area (Å²) in [6.45, 7) is 4.97. The fraction of sp³-hybridized carbons (Fsp3) is 0.647. The third kappa shape index (κ3) is 5.23. The lowest BCUT2D eigenvalue weighted by Gasteiger charge is -2.27. The largest absolute Gasteiger partial charge is 0.396 e. The average molecular weight is 276 g/mol. The number of nitrogens with zero attached hydrogens (tertiary/aromatic N) is 1. The lowest BCUT2D eigenvalue weighted by Crippen LogP contribution is -2.37. The van der Waals surface area contributed by atoms with Gasteiger partial charge < -0.3 is 15.3 Å². The summed E-state index contributed by atoms with van der Waals surface area (Å²) in [5, 5.41) is 12.7.